The third-order valence-electron chi connectivity index (χ3n) is 4.27. The van der Waals surface area contributed by atoms with Crippen molar-refractivity contribution in [3.8, 4) is 0 Å². The number of aromatic nitrogens is 2. The maximum Gasteiger partial charge on any atom is 0.311 e. The van der Waals surface area contributed by atoms with Crippen molar-refractivity contribution in [1.29, 1.82) is 0 Å². The number of methoxy groups -OCH3 is 1. The van der Waals surface area contributed by atoms with Crippen LogP contribution >= 0.6 is 0 Å². The monoisotopic (exact) mass is 309 g/mol. The van der Waals surface area contributed by atoms with Crippen LogP contribution in [0.5, 0.6) is 0 Å². The van der Waals surface area contributed by atoms with Crippen LogP contribution in [0, 0.1) is 5.41 Å². The van der Waals surface area contributed by atoms with Gasteiger partial charge in [0.25, 0.3) is 5.91 Å². The first kappa shape index (κ1) is 16.5. The van der Waals surface area contributed by atoms with Gasteiger partial charge in [-0.25, -0.2) is 0 Å². The number of likely N-dealkylation sites (tertiary alicyclic amines) is 1. The number of carboxylic acids is 1. The van der Waals surface area contributed by atoms with Gasteiger partial charge in [-0.15, -0.1) is 0 Å². The Bertz CT molecular complexity index is 543. The lowest BCUT2D eigenvalue weighted by atomic mass is 9.76. The summed E-state index contributed by atoms with van der Waals surface area (Å²) in [5.74, 6) is -0.975. The Morgan fingerprint density at radius 3 is 2.86 bits per heavy atom. The van der Waals surface area contributed by atoms with Crippen molar-refractivity contribution in [3.05, 3.63) is 18.0 Å². The van der Waals surface area contributed by atoms with Gasteiger partial charge in [0, 0.05) is 40.1 Å². The fourth-order valence-corrected chi connectivity index (χ4v) is 3.06. The number of amides is 1. The SMILES string of the molecule is COCCC[C@@]1(C(=O)O)CCCN(C(=O)c2cnn(C)c2)C1. The minimum atomic E-state index is -0.866. The molecule has 2 rings (SSSR count). The average Bonchev–Trinajstić information content (AvgIpc) is 2.93. The summed E-state index contributed by atoms with van der Waals surface area (Å²) in [5.41, 5.74) is -0.366. The highest BCUT2D eigenvalue weighted by atomic mass is 16.5. The highest BCUT2D eigenvalue weighted by Gasteiger charge is 2.43. The van der Waals surface area contributed by atoms with E-state index < -0.39 is 11.4 Å². The molecule has 1 N–H and O–H groups in total. The molecule has 0 aliphatic carbocycles. The summed E-state index contributed by atoms with van der Waals surface area (Å²) in [6.07, 6.45) is 5.67. The zero-order chi connectivity index (χ0) is 16.2. The molecule has 1 aliphatic heterocycles. The van der Waals surface area contributed by atoms with Crippen LogP contribution in [0.15, 0.2) is 12.4 Å². The lowest BCUT2D eigenvalue weighted by Crippen LogP contribution is -2.50. The number of nitrogens with zero attached hydrogens (tertiary/aromatic N) is 3. The molecule has 7 heteroatoms. The number of carbonyl (C=O) groups excluding carboxylic acids is 1. The van der Waals surface area contributed by atoms with Crippen molar-refractivity contribution in [1.82, 2.24) is 14.7 Å². The van der Waals surface area contributed by atoms with Gasteiger partial charge in [0.1, 0.15) is 0 Å². The van der Waals surface area contributed by atoms with Crippen LogP contribution in [-0.2, 0) is 16.6 Å². The van der Waals surface area contributed by atoms with Crippen LogP contribution < -0.4 is 0 Å². The number of carbonyl (C=O) groups is 2. The van der Waals surface area contributed by atoms with Crippen molar-refractivity contribution < 1.29 is 19.4 Å². The fraction of sp³-hybridized carbons (Fsp3) is 0.667. The molecule has 0 spiro atoms. The lowest BCUT2D eigenvalue weighted by molar-refractivity contribution is -0.152. The molecule has 1 aromatic rings. The Labute approximate surface area is 129 Å². The first-order chi connectivity index (χ1) is 10.5. The molecule has 7 nitrogen and oxygen atoms in total. The Kier molecular flexibility index (Phi) is 5.18. The number of hydrogen-bond acceptors (Lipinski definition) is 4. The molecule has 1 fully saturated rings. The van der Waals surface area contributed by atoms with E-state index in [0.717, 1.165) is 0 Å². The molecule has 1 atom stereocenters. The number of carboxylic acid groups (broad SMARTS) is 1. The van der Waals surface area contributed by atoms with Gasteiger partial charge in [0.15, 0.2) is 0 Å². The van der Waals surface area contributed by atoms with E-state index in [4.69, 9.17) is 4.74 Å². The molecule has 122 valence electrons. The largest absolute Gasteiger partial charge is 0.481 e. The molecule has 0 saturated carbocycles. The predicted molar refractivity (Wildman–Crippen MR) is 79.5 cm³/mol. The number of rotatable bonds is 6. The molecule has 2 heterocycles. The molecule has 1 aliphatic rings. The second-order valence-electron chi connectivity index (χ2n) is 5.91. The third kappa shape index (κ3) is 3.47. The molecular formula is C15H23N3O4. The van der Waals surface area contributed by atoms with Gasteiger partial charge in [-0.3, -0.25) is 14.3 Å². The van der Waals surface area contributed by atoms with Crippen molar-refractivity contribution >= 4 is 11.9 Å². The number of aryl methyl sites for hydroxylation is 1. The van der Waals surface area contributed by atoms with E-state index in [1.807, 2.05) is 0 Å². The maximum atomic E-state index is 12.5. The number of piperidine rings is 1. The molecule has 1 aromatic heterocycles. The first-order valence-corrected chi connectivity index (χ1v) is 7.49. The van der Waals surface area contributed by atoms with E-state index in [-0.39, 0.29) is 12.5 Å². The van der Waals surface area contributed by atoms with Gasteiger partial charge >= 0.3 is 5.97 Å². The average molecular weight is 309 g/mol. The van der Waals surface area contributed by atoms with E-state index in [2.05, 4.69) is 5.10 Å². The number of ether oxygens (including phenoxy) is 1. The van der Waals surface area contributed by atoms with Crippen LogP contribution in [0.2, 0.25) is 0 Å². The van der Waals surface area contributed by atoms with E-state index in [1.54, 1.807) is 29.9 Å². The minimum absolute atomic E-state index is 0.148. The quantitative estimate of drug-likeness (QED) is 0.797. The fourth-order valence-electron chi connectivity index (χ4n) is 3.06. The van der Waals surface area contributed by atoms with Crippen molar-refractivity contribution in [2.75, 3.05) is 26.8 Å². The van der Waals surface area contributed by atoms with Crippen molar-refractivity contribution in [2.24, 2.45) is 12.5 Å². The molecule has 1 amide bonds. The van der Waals surface area contributed by atoms with Crippen LogP contribution in [0.4, 0.5) is 0 Å². The second kappa shape index (κ2) is 6.91. The molecule has 1 saturated heterocycles. The van der Waals surface area contributed by atoms with Gasteiger partial charge in [-0.2, -0.15) is 5.10 Å². The van der Waals surface area contributed by atoms with Gasteiger partial charge in [-0.05, 0) is 25.7 Å². The van der Waals surface area contributed by atoms with E-state index >= 15 is 0 Å². The Morgan fingerprint density at radius 2 is 2.27 bits per heavy atom. The molecule has 0 unspecified atom stereocenters. The highest BCUT2D eigenvalue weighted by Crippen LogP contribution is 2.35. The van der Waals surface area contributed by atoms with E-state index in [9.17, 15) is 14.7 Å². The Morgan fingerprint density at radius 1 is 1.50 bits per heavy atom. The zero-order valence-corrected chi connectivity index (χ0v) is 13.1. The van der Waals surface area contributed by atoms with Gasteiger partial charge in [0.2, 0.25) is 0 Å². The van der Waals surface area contributed by atoms with Gasteiger partial charge in [0.05, 0.1) is 17.2 Å². The summed E-state index contributed by atoms with van der Waals surface area (Å²) in [6, 6.07) is 0. The third-order valence-corrected chi connectivity index (χ3v) is 4.27. The van der Waals surface area contributed by atoms with Crippen LogP contribution in [0.1, 0.15) is 36.0 Å². The highest BCUT2D eigenvalue weighted by molar-refractivity contribution is 5.94. The second-order valence-corrected chi connectivity index (χ2v) is 5.91. The van der Waals surface area contributed by atoms with Gasteiger partial charge < -0.3 is 14.7 Å². The van der Waals surface area contributed by atoms with Crippen molar-refractivity contribution in [2.45, 2.75) is 25.7 Å². The summed E-state index contributed by atoms with van der Waals surface area (Å²) in [4.78, 5) is 25.9. The Balaban J connectivity index is 2.11. The smallest absolute Gasteiger partial charge is 0.311 e. The Hall–Kier alpha value is -1.89. The first-order valence-electron chi connectivity index (χ1n) is 7.49. The zero-order valence-electron chi connectivity index (χ0n) is 13.1. The molecule has 0 bridgehead atoms. The number of aliphatic carboxylic acids is 1. The van der Waals surface area contributed by atoms with E-state index in [0.29, 0.717) is 44.4 Å². The summed E-state index contributed by atoms with van der Waals surface area (Å²) in [7, 11) is 3.35. The lowest BCUT2D eigenvalue weighted by Gasteiger charge is -2.40. The standard InChI is InChI=1S/C15H23N3O4/c1-17-10-12(9-16-17)13(19)18-7-3-5-15(11-18,14(20)21)6-4-8-22-2/h9-10H,3-8,11H2,1-2H3,(H,20,21)/t15-/m0/s1. The van der Waals surface area contributed by atoms with Crippen LogP contribution in [-0.4, -0.2) is 58.5 Å². The molecular weight excluding hydrogens is 286 g/mol. The number of hydrogen-bond donors (Lipinski definition) is 1. The topological polar surface area (TPSA) is 84.7 Å². The minimum Gasteiger partial charge on any atom is -0.481 e. The maximum absolute atomic E-state index is 12.5. The molecule has 0 radical (unpaired) electrons. The summed E-state index contributed by atoms with van der Waals surface area (Å²) in [6.45, 7) is 1.37. The molecule has 22 heavy (non-hydrogen) atoms. The molecule has 0 aromatic carbocycles. The summed E-state index contributed by atoms with van der Waals surface area (Å²) < 4.78 is 6.59. The summed E-state index contributed by atoms with van der Waals surface area (Å²) >= 11 is 0. The van der Waals surface area contributed by atoms with Crippen molar-refractivity contribution in [3.63, 3.8) is 0 Å². The summed E-state index contributed by atoms with van der Waals surface area (Å²) in [5, 5.41) is 13.7. The normalized spacial score (nSPS) is 21.8. The van der Waals surface area contributed by atoms with E-state index in [1.165, 1.54) is 6.20 Å². The predicted octanol–water partition coefficient (Wildman–Crippen LogP) is 1.15. The van der Waals surface area contributed by atoms with Crippen LogP contribution in [0.3, 0.4) is 0 Å². The van der Waals surface area contributed by atoms with Gasteiger partial charge in [-0.1, -0.05) is 0 Å². The van der Waals surface area contributed by atoms with Crippen LogP contribution in [0.25, 0.3) is 0 Å².